The third kappa shape index (κ3) is 1.35. The molecule has 9 heavy (non-hydrogen) atoms. The van der Waals surface area contributed by atoms with Gasteiger partial charge in [0.25, 0.3) is 0 Å². The molecule has 0 bridgehead atoms. The Morgan fingerprint density at radius 1 is 1.67 bits per heavy atom. The van der Waals surface area contributed by atoms with Gasteiger partial charge in [-0.15, -0.1) is 0 Å². The van der Waals surface area contributed by atoms with Gasteiger partial charge in [-0.1, -0.05) is 19.1 Å². The second kappa shape index (κ2) is 2.26. The van der Waals surface area contributed by atoms with Crippen molar-refractivity contribution >= 4 is 0 Å². The molecule has 0 saturated carbocycles. The maximum atomic E-state index is 5.70. The molecule has 50 valence electrons. The van der Waals surface area contributed by atoms with Crippen molar-refractivity contribution in [3.05, 3.63) is 23.4 Å². The number of nitrogens with two attached hydrogens (primary N) is 1. The molecule has 0 aromatic carbocycles. The van der Waals surface area contributed by atoms with E-state index in [-0.39, 0.29) is 0 Å². The predicted molar refractivity (Wildman–Crippen MR) is 39.8 cm³/mol. The van der Waals surface area contributed by atoms with Crippen molar-refractivity contribution in [3.8, 4) is 0 Å². The molecule has 1 rings (SSSR count). The summed E-state index contributed by atoms with van der Waals surface area (Å²) in [6.45, 7) is 4.23. The van der Waals surface area contributed by atoms with E-state index in [0.717, 1.165) is 12.1 Å². The lowest BCUT2D eigenvalue weighted by Crippen LogP contribution is -2.07. The van der Waals surface area contributed by atoms with Crippen LogP contribution in [0, 0.1) is 5.92 Å². The van der Waals surface area contributed by atoms with Gasteiger partial charge in [0.15, 0.2) is 0 Å². The van der Waals surface area contributed by atoms with Gasteiger partial charge in [-0.25, -0.2) is 0 Å². The number of hydrogen-bond acceptors (Lipinski definition) is 1. The van der Waals surface area contributed by atoms with Gasteiger partial charge in [0.05, 0.1) is 0 Å². The molecule has 1 unspecified atom stereocenters. The molecule has 1 heteroatoms. The van der Waals surface area contributed by atoms with Crippen LogP contribution in [-0.2, 0) is 0 Å². The minimum Gasteiger partial charge on any atom is -0.402 e. The lowest BCUT2D eigenvalue weighted by molar-refractivity contribution is 0.694. The van der Waals surface area contributed by atoms with E-state index < -0.39 is 0 Å². The smallest absolute Gasteiger partial charge is 0.0116 e. The highest BCUT2D eigenvalue weighted by Gasteiger charge is 2.05. The van der Waals surface area contributed by atoms with E-state index in [0.29, 0.717) is 5.92 Å². The van der Waals surface area contributed by atoms with Gasteiger partial charge in [-0.05, 0) is 24.8 Å². The van der Waals surface area contributed by atoms with E-state index >= 15 is 0 Å². The summed E-state index contributed by atoms with van der Waals surface area (Å²) in [5, 5.41) is 0. The third-order valence-corrected chi connectivity index (χ3v) is 1.72. The topological polar surface area (TPSA) is 26.0 Å². The van der Waals surface area contributed by atoms with Crippen LogP contribution in [0.1, 0.15) is 20.3 Å². The van der Waals surface area contributed by atoms with E-state index in [2.05, 4.69) is 26.0 Å². The summed E-state index contributed by atoms with van der Waals surface area (Å²) in [7, 11) is 0. The Bertz CT molecular complexity index is 165. The Morgan fingerprint density at radius 2 is 2.33 bits per heavy atom. The molecule has 0 aromatic heterocycles. The molecule has 1 aliphatic carbocycles. The van der Waals surface area contributed by atoms with Gasteiger partial charge in [-0.3, -0.25) is 0 Å². The molecule has 1 atom stereocenters. The second-order valence-corrected chi connectivity index (χ2v) is 2.75. The lowest BCUT2D eigenvalue weighted by Gasteiger charge is -2.13. The molecule has 0 aliphatic heterocycles. The van der Waals surface area contributed by atoms with Gasteiger partial charge in [0, 0.05) is 5.70 Å². The second-order valence-electron chi connectivity index (χ2n) is 2.75. The van der Waals surface area contributed by atoms with Crippen LogP contribution in [-0.4, -0.2) is 0 Å². The average Bonchev–Trinajstić information content (AvgIpc) is 1.80. The minimum absolute atomic E-state index is 0.633. The molecule has 0 aromatic rings. The Morgan fingerprint density at radius 3 is 2.78 bits per heavy atom. The quantitative estimate of drug-likeness (QED) is 0.522. The van der Waals surface area contributed by atoms with E-state index in [1.807, 2.05) is 0 Å². The van der Waals surface area contributed by atoms with Crippen LogP contribution in [0.5, 0.6) is 0 Å². The van der Waals surface area contributed by atoms with Crippen molar-refractivity contribution in [1.82, 2.24) is 0 Å². The maximum Gasteiger partial charge on any atom is 0.0116 e. The van der Waals surface area contributed by atoms with E-state index in [9.17, 15) is 0 Å². The Kier molecular flexibility index (Phi) is 1.60. The van der Waals surface area contributed by atoms with Crippen LogP contribution >= 0.6 is 0 Å². The Balaban J connectivity index is 2.75. The average molecular weight is 123 g/mol. The normalized spacial score (nSPS) is 27.1. The molecular weight excluding hydrogens is 110 g/mol. The van der Waals surface area contributed by atoms with E-state index in [4.69, 9.17) is 5.73 Å². The monoisotopic (exact) mass is 123 g/mol. The van der Waals surface area contributed by atoms with Gasteiger partial charge in [0.1, 0.15) is 0 Å². The lowest BCUT2D eigenvalue weighted by atomic mass is 9.97. The fourth-order valence-corrected chi connectivity index (χ4v) is 0.992. The zero-order valence-electron chi connectivity index (χ0n) is 6.02. The van der Waals surface area contributed by atoms with Crippen molar-refractivity contribution in [2.45, 2.75) is 20.3 Å². The largest absolute Gasteiger partial charge is 0.402 e. The summed E-state index contributed by atoms with van der Waals surface area (Å²) in [4.78, 5) is 0. The van der Waals surface area contributed by atoms with Crippen LogP contribution in [0.15, 0.2) is 23.4 Å². The first-order valence-electron chi connectivity index (χ1n) is 3.33. The molecule has 1 aliphatic rings. The fraction of sp³-hybridized carbons (Fsp3) is 0.500. The highest BCUT2D eigenvalue weighted by Crippen LogP contribution is 2.18. The minimum atomic E-state index is 0.633. The first-order valence-corrected chi connectivity index (χ1v) is 3.33. The summed E-state index contributed by atoms with van der Waals surface area (Å²) >= 11 is 0. The predicted octanol–water partition coefficient (Wildman–Crippen LogP) is 1.82. The zero-order valence-corrected chi connectivity index (χ0v) is 6.02. The van der Waals surface area contributed by atoms with Crippen molar-refractivity contribution in [2.24, 2.45) is 11.7 Å². The van der Waals surface area contributed by atoms with Crippen LogP contribution < -0.4 is 5.73 Å². The van der Waals surface area contributed by atoms with Crippen molar-refractivity contribution in [2.75, 3.05) is 0 Å². The van der Waals surface area contributed by atoms with Crippen LogP contribution in [0.25, 0.3) is 0 Å². The summed E-state index contributed by atoms with van der Waals surface area (Å²) in [5.74, 6) is 0.633. The van der Waals surface area contributed by atoms with Crippen molar-refractivity contribution in [3.63, 3.8) is 0 Å². The number of allylic oxidation sites excluding steroid dienone is 4. The molecule has 0 saturated heterocycles. The first kappa shape index (κ1) is 6.40. The van der Waals surface area contributed by atoms with Crippen LogP contribution in [0.2, 0.25) is 0 Å². The molecule has 0 amide bonds. The van der Waals surface area contributed by atoms with Crippen molar-refractivity contribution in [1.29, 1.82) is 0 Å². The van der Waals surface area contributed by atoms with Crippen molar-refractivity contribution < 1.29 is 0 Å². The molecule has 1 nitrogen and oxygen atoms in total. The van der Waals surface area contributed by atoms with E-state index in [1.54, 1.807) is 0 Å². The Labute approximate surface area is 56.2 Å². The highest BCUT2D eigenvalue weighted by atomic mass is 14.6. The summed E-state index contributed by atoms with van der Waals surface area (Å²) in [6, 6.07) is 0. The molecule has 0 radical (unpaired) electrons. The van der Waals surface area contributed by atoms with Gasteiger partial charge >= 0.3 is 0 Å². The summed E-state index contributed by atoms with van der Waals surface area (Å²) in [6.07, 6.45) is 5.33. The molecule has 2 N–H and O–H groups in total. The van der Waals surface area contributed by atoms with Crippen LogP contribution in [0.4, 0.5) is 0 Å². The number of rotatable bonds is 0. The first-order chi connectivity index (χ1) is 4.20. The SMILES string of the molecule is CC1=C(N)CC(C)C=C1. The summed E-state index contributed by atoms with van der Waals surface area (Å²) in [5.41, 5.74) is 7.97. The number of hydrogen-bond donors (Lipinski definition) is 1. The van der Waals surface area contributed by atoms with Gasteiger partial charge < -0.3 is 5.73 Å². The molecule has 0 heterocycles. The van der Waals surface area contributed by atoms with Gasteiger partial charge in [-0.2, -0.15) is 0 Å². The molecular formula is C8H13N. The highest BCUT2D eigenvalue weighted by molar-refractivity contribution is 5.26. The third-order valence-electron chi connectivity index (χ3n) is 1.72. The molecule has 0 fully saturated rings. The van der Waals surface area contributed by atoms with Gasteiger partial charge in [0.2, 0.25) is 0 Å². The van der Waals surface area contributed by atoms with Crippen LogP contribution in [0.3, 0.4) is 0 Å². The Hall–Kier alpha value is -0.720. The standard InChI is InChI=1S/C8H13N/c1-6-3-4-7(2)8(9)5-6/h3-4,6H,5,9H2,1-2H3. The molecule has 0 spiro atoms. The van der Waals surface area contributed by atoms with E-state index in [1.165, 1.54) is 5.57 Å². The summed E-state index contributed by atoms with van der Waals surface area (Å²) < 4.78 is 0. The maximum absolute atomic E-state index is 5.70. The zero-order chi connectivity index (χ0) is 6.85. The fourth-order valence-electron chi connectivity index (χ4n) is 0.992.